The van der Waals surface area contributed by atoms with Crippen LogP contribution in [0.3, 0.4) is 0 Å². The van der Waals surface area contributed by atoms with Gasteiger partial charge in [0, 0.05) is 29.5 Å². The Hall–Kier alpha value is -1.20. The van der Waals surface area contributed by atoms with Crippen LogP contribution in [0.15, 0.2) is 24.3 Å². The number of benzene rings is 1. The summed E-state index contributed by atoms with van der Waals surface area (Å²) < 4.78 is 0. The van der Waals surface area contributed by atoms with Gasteiger partial charge in [-0.05, 0) is 24.1 Å². The van der Waals surface area contributed by atoms with Gasteiger partial charge in [0.15, 0.2) is 0 Å². The second kappa shape index (κ2) is 7.55. The second-order valence-electron chi connectivity index (χ2n) is 4.61. The van der Waals surface area contributed by atoms with Gasteiger partial charge in [-0.25, -0.2) is 0 Å². The summed E-state index contributed by atoms with van der Waals surface area (Å²) in [6.45, 7) is 0.553. The van der Waals surface area contributed by atoms with Gasteiger partial charge in [0.2, 0.25) is 11.8 Å². The molecule has 0 bridgehead atoms. The largest absolute Gasteiger partial charge is 0.354 e. The molecule has 0 saturated carbocycles. The SMILES string of the molecule is O=C1CCSC[C@H](C(=O)NCCc2ccc(Cl)cc2)N1. The third-order valence-corrected chi connectivity index (χ3v) is 4.35. The fourth-order valence-corrected chi connectivity index (χ4v) is 3.01. The van der Waals surface area contributed by atoms with Crippen molar-refractivity contribution in [3.05, 3.63) is 34.9 Å². The lowest BCUT2D eigenvalue weighted by molar-refractivity contribution is -0.128. The Bertz CT molecular complexity index is 479. The van der Waals surface area contributed by atoms with Crippen LogP contribution in [0.25, 0.3) is 0 Å². The summed E-state index contributed by atoms with van der Waals surface area (Å²) >= 11 is 7.44. The van der Waals surface area contributed by atoms with Gasteiger partial charge in [0.25, 0.3) is 0 Å². The molecule has 6 heteroatoms. The number of carbonyl (C=O) groups excluding carboxylic acids is 2. The van der Waals surface area contributed by atoms with Gasteiger partial charge < -0.3 is 10.6 Å². The van der Waals surface area contributed by atoms with Crippen molar-refractivity contribution in [1.29, 1.82) is 0 Å². The number of nitrogens with one attached hydrogen (secondary N) is 2. The molecule has 1 aromatic carbocycles. The highest BCUT2D eigenvalue weighted by Gasteiger charge is 2.22. The first-order valence-electron chi connectivity index (χ1n) is 6.54. The average Bonchev–Trinajstić information content (AvgIpc) is 2.65. The highest BCUT2D eigenvalue weighted by molar-refractivity contribution is 7.99. The first-order chi connectivity index (χ1) is 9.65. The van der Waals surface area contributed by atoms with E-state index in [1.54, 1.807) is 11.8 Å². The molecule has 2 rings (SSSR count). The van der Waals surface area contributed by atoms with Crippen LogP contribution in [-0.4, -0.2) is 35.9 Å². The highest BCUT2D eigenvalue weighted by Crippen LogP contribution is 2.11. The molecule has 0 aromatic heterocycles. The van der Waals surface area contributed by atoms with Crippen molar-refractivity contribution >= 4 is 35.2 Å². The maximum absolute atomic E-state index is 12.0. The van der Waals surface area contributed by atoms with Crippen LogP contribution in [-0.2, 0) is 16.0 Å². The molecule has 0 aliphatic carbocycles. The Morgan fingerprint density at radius 2 is 2.15 bits per heavy atom. The summed E-state index contributed by atoms with van der Waals surface area (Å²) in [5, 5.41) is 6.31. The molecule has 108 valence electrons. The van der Waals surface area contributed by atoms with E-state index in [1.807, 2.05) is 24.3 Å². The van der Waals surface area contributed by atoms with Crippen LogP contribution >= 0.6 is 23.4 Å². The van der Waals surface area contributed by atoms with E-state index in [2.05, 4.69) is 10.6 Å². The van der Waals surface area contributed by atoms with E-state index in [-0.39, 0.29) is 11.8 Å². The topological polar surface area (TPSA) is 58.2 Å². The fourth-order valence-electron chi connectivity index (χ4n) is 1.92. The molecule has 1 aliphatic rings. The third kappa shape index (κ3) is 4.72. The minimum Gasteiger partial charge on any atom is -0.354 e. The predicted octanol–water partition coefficient (Wildman–Crippen LogP) is 1.62. The van der Waals surface area contributed by atoms with Crippen molar-refractivity contribution in [3.63, 3.8) is 0 Å². The lowest BCUT2D eigenvalue weighted by atomic mass is 10.1. The van der Waals surface area contributed by atoms with Crippen LogP contribution in [0.1, 0.15) is 12.0 Å². The normalized spacial score (nSPS) is 19.1. The number of thioether (sulfide) groups is 1. The van der Waals surface area contributed by atoms with Crippen LogP contribution in [0.5, 0.6) is 0 Å². The Morgan fingerprint density at radius 3 is 2.90 bits per heavy atom. The zero-order chi connectivity index (χ0) is 14.4. The Kier molecular flexibility index (Phi) is 5.73. The summed E-state index contributed by atoms with van der Waals surface area (Å²) in [4.78, 5) is 23.4. The van der Waals surface area contributed by atoms with Crippen molar-refractivity contribution in [2.24, 2.45) is 0 Å². The maximum Gasteiger partial charge on any atom is 0.243 e. The van der Waals surface area contributed by atoms with E-state index in [4.69, 9.17) is 11.6 Å². The molecule has 1 aromatic rings. The molecule has 0 unspecified atom stereocenters. The Balaban J connectivity index is 1.76. The second-order valence-corrected chi connectivity index (χ2v) is 6.20. The van der Waals surface area contributed by atoms with Crippen LogP contribution in [0.2, 0.25) is 5.02 Å². The lowest BCUT2D eigenvalue weighted by Gasteiger charge is -2.15. The number of hydrogen-bond acceptors (Lipinski definition) is 3. The first kappa shape index (κ1) is 15.2. The molecule has 20 heavy (non-hydrogen) atoms. The molecule has 0 spiro atoms. The van der Waals surface area contributed by atoms with Crippen molar-refractivity contribution in [3.8, 4) is 0 Å². The van der Waals surface area contributed by atoms with E-state index in [1.165, 1.54) is 0 Å². The summed E-state index contributed by atoms with van der Waals surface area (Å²) in [6.07, 6.45) is 1.23. The van der Waals surface area contributed by atoms with E-state index in [9.17, 15) is 9.59 Å². The summed E-state index contributed by atoms with van der Waals surface area (Å²) in [6, 6.07) is 7.14. The van der Waals surface area contributed by atoms with Crippen LogP contribution in [0, 0.1) is 0 Å². The van der Waals surface area contributed by atoms with Crippen molar-refractivity contribution < 1.29 is 9.59 Å². The fraction of sp³-hybridized carbons (Fsp3) is 0.429. The molecule has 1 heterocycles. The van der Waals surface area contributed by atoms with Gasteiger partial charge in [-0.15, -0.1) is 0 Å². The zero-order valence-corrected chi connectivity index (χ0v) is 12.6. The van der Waals surface area contributed by atoms with Crippen molar-refractivity contribution in [1.82, 2.24) is 10.6 Å². The molecule has 2 N–H and O–H groups in total. The molecular weight excluding hydrogens is 296 g/mol. The van der Waals surface area contributed by atoms with Crippen molar-refractivity contribution in [2.75, 3.05) is 18.1 Å². The molecule has 1 atom stereocenters. The number of halogens is 1. The predicted molar refractivity (Wildman–Crippen MR) is 82.0 cm³/mol. The van der Waals surface area contributed by atoms with Gasteiger partial charge in [0.05, 0.1) is 0 Å². The quantitative estimate of drug-likeness (QED) is 0.888. The summed E-state index contributed by atoms with van der Waals surface area (Å²) in [5.74, 6) is 1.26. The molecule has 1 aliphatic heterocycles. The van der Waals surface area contributed by atoms with E-state index < -0.39 is 6.04 Å². The number of hydrogen-bond donors (Lipinski definition) is 2. The molecule has 0 radical (unpaired) electrons. The highest BCUT2D eigenvalue weighted by atomic mass is 35.5. The van der Waals surface area contributed by atoms with Crippen molar-refractivity contribution in [2.45, 2.75) is 18.9 Å². The number of carbonyl (C=O) groups is 2. The first-order valence-corrected chi connectivity index (χ1v) is 8.07. The molecular formula is C14H17ClN2O2S. The lowest BCUT2D eigenvalue weighted by Crippen LogP contribution is -2.47. The van der Waals surface area contributed by atoms with E-state index in [0.29, 0.717) is 23.7 Å². The number of rotatable bonds is 4. The smallest absolute Gasteiger partial charge is 0.243 e. The van der Waals surface area contributed by atoms with Gasteiger partial charge in [-0.1, -0.05) is 23.7 Å². The minimum atomic E-state index is -0.416. The summed E-state index contributed by atoms with van der Waals surface area (Å²) in [7, 11) is 0. The van der Waals surface area contributed by atoms with E-state index in [0.717, 1.165) is 17.7 Å². The van der Waals surface area contributed by atoms with Gasteiger partial charge in [-0.3, -0.25) is 9.59 Å². The molecule has 4 nitrogen and oxygen atoms in total. The van der Waals surface area contributed by atoms with Crippen LogP contribution < -0.4 is 10.6 Å². The van der Waals surface area contributed by atoms with E-state index >= 15 is 0 Å². The van der Waals surface area contributed by atoms with Crippen LogP contribution in [0.4, 0.5) is 0 Å². The zero-order valence-electron chi connectivity index (χ0n) is 11.0. The average molecular weight is 313 g/mol. The summed E-state index contributed by atoms with van der Waals surface area (Å²) in [5.41, 5.74) is 1.12. The monoisotopic (exact) mass is 312 g/mol. The molecule has 1 fully saturated rings. The Morgan fingerprint density at radius 1 is 1.40 bits per heavy atom. The Labute approximate surface area is 127 Å². The third-order valence-electron chi connectivity index (χ3n) is 3.04. The van der Waals surface area contributed by atoms with Gasteiger partial charge in [0.1, 0.15) is 6.04 Å². The number of amides is 2. The molecule has 2 amide bonds. The minimum absolute atomic E-state index is 0.0483. The molecule has 1 saturated heterocycles. The van der Waals surface area contributed by atoms with Gasteiger partial charge >= 0.3 is 0 Å². The standard InChI is InChI=1S/C14H17ClN2O2S/c15-11-3-1-10(2-4-11)5-7-16-14(19)12-9-20-8-6-13(18)17-12/h1-4,12H,5-9H2,(H,16,19)(H,17,18)/t12-/m1/s1. The van der Waals surface area contributed by atoms with Gasteiger partial charge in [-0.2, -0.15) is 11.8 Å². The maximum atomic E-state index is 12.0.